The Kier molecular flexibility index (Phi) is 6.91. The summed E-state index contributed by atoms with van der Waals surface area (Å²) in [6, 6.07) is 6.29. The van der Waals surface area contributed by atoms with Crippen LogP contribution in [0.4, 0.5) is 4.79 Å². The molecule has 1 saturated carbocycles. The van der Waals surface area contributed by atoms with E-state index in [0.29, 0.717) is 31.4 Å². The molecule has 154 valence electrons. The summed E-state index contributed by atoms with van der Waals surface area (Å²) in [4.78, 5) is 39.4. The summed E-state index contributed by atoms with van der Waals surface area (Å²) in [5.41, 5.74) is -1.52. The number of hydrogen-bond donors (Lipinski definition) is 1. The van der Waals surface area contributed by atoms with Gasteiger partial charge in [-0.15, -0.1) is 0 Å². The molecule has 0 aromatic heterocycles. The van der Waals surface area contributed by atoms with E-state index < -0.39 is 29.1 Å². The Morgan fingerprint density at radius 1 is 1.25 bits per heavy atom. The maximum atomic E-state index is 12.9. The van der Waals surface area contributed by atoms with E-state index in [4.69, 9.17) is 4.74 Å². The summed E-state index contributed by atoms with van der Waals surface area (Å²) in [6.45, 7) is 7.44. The lowest BCUT2D eigenvalue weighted by atomic mass is 9.76. The predicted octanol–water partition coefficient (Wildman–Crippen LogP) is 4.90. The molecule has 1 fully saturated rings. The van der Waals surface area contributed by atoms with Gasteiger partial charge in [-0.25, -0.2) is 4.79 Å². The molecule has 1 aromatic rings. The van der Waals surface area contributed by atoms with Gasteiger partial charge in [0.1, 0.15) is 5.60 Å². The third kappa shape index (κ3) is 4.93. The second kappa shape index (κ2) is 8.64. The molecule has 0 saturated heterocycles. The van der Waals surface area contributed by atoms with Crippen molar-refractivity contribution >= 4 is 33.8 Å². The Labute approximate surface area is 174 Å². The molecule has 1 N–H and O–H groups in total. The normalized spacial score (nSPS) is 22.0. The van der Waals surface area contributed by atoms with Crippen molar-refractivity contribution in [3.8, 4) is 0 Å². The summed E-state index contributed by atoms with van der Waals surface area (Å²) in [5, 5.41) is 10.1. The molecule has 0 spiro atoms. The van der Waals surface area contributed by atoms with Crippen LogP contribution in [0.15, 0.2) is 28.7 Å². The lowest BCUT2D eigenvalue weighted by Crippen LogP contribution is -2.53. The first-order chi connectivity index (χ1) is 13.0. The standard InChI is InChI=1S/C21H28BrNO5/c1-5-23(19(27)28-20(2,3)4)17-7-6-12-21(17,18(25)26)13-16(24)14-8-10-15(22)11-9-14/h8-11,17H,5-7,12-13H2,1-4H3,(H,25,26). The van der Waals surface area contributed by atoms with Gasteiger partial charge in [-0.1, -0.05) is 34.5 Å². The van der Waals surface area contributed by atoms with Gasteiger partial charge in [0.25, 0.3) is 0 Å². The molecule has 0 heterocycles. The van der Waals surface area contributed by atoms with Crippen LogP contribution in [0.25, 0.3) is 0 Å². The fourth-order valence-electron chi connectivity index (χ4n) is 3.86. The zero-order valence-corrected chi connectivity index (χ0v) is 18.4. The Bertz CT molecular complexity index is 740. The van der Waals surface area contributed by atoms with Gasteiger partial charge >= 0.3 is 12.1 Å². The SMILES string of the molecule is CCN(C(=O)OC(C)(C)C)C1CCCC1(CC(=O)c1ccc(Br)cc1)C(=O)O. The van der Waals surface area contributed by atoms with Gasteiger partial charge < -0.3 is 14.7 Å². The van der Waals surface area contributed by atoms with Gasteiger partial charge in [-0.05, 0) is 52.7 Å². The van der Waals surface area contributed by atoms with Crippen molar-refractivity contribution in [2.24, 2.45) is 5.41 Å². The van der Waals surface area contributed by atoms with Crippen LogP contribution < -0.4 is 0 Å². The minimum Gasteiger partial charge on any atom is -0.481 e. The third-order valence-corrected chi connectivity index (χ3v) is 5.68. The highest BCUT2D eigenvalue weighted by molar-refractivity contribution is 9.10. The molecule has 2 rings (SSSR count). The third-order valence-electron chi connectivity index (χ3n) is 5.15. The molecule has 1 amide bonds. The largest absolute Gasteiger partial charge is 0.481 e. The van der Waals surface area contributed by atoms with Crippen molar-refractivity contribution in [1.82, 2.24) is 4.90 Å². The number of nitrogens with zero attached hydrogens (tertiary/aromatic N) is 1. The van der Waals surface area contributed by atoms with E-state index in [0.717, 1.165) is 4.47 Å². The average Bonchev–Trinajstić information content (AvgIpc) is 2.99. The molecule has 7 heteroatoms. The summed E-state index contributed by atoms with van der Waals surface area (Å²) in [7, 11) is 0. The van der Waals surface area contributed by atoms with Gasteiger partial charge in [-0.3, -0.25) is 9.59 Å². The van der Waals surface area contributed by atoms with Crippen LogP contribution in [0.1, 0.15) is 63.7 Å². The number of aliphatic carboxylic acids is 1. The molecule has 0 radical (unpaired) electrons. The zero-order valence-electron chi connectivity index (χ0n) is 16.8. The molecule has 0 aliphatic heterocycles. The number of rotatable bonds is 6. The minimum atomic E-state index is -1.31. The summed E-state index contributed by atoms with van der Waals surface area (Å²) >= 11 is 3.33. The van der Waals surface area contributed by atoms with E-state index in [-0.39, 0.29) is 12.2 Å². The molecule has 0 bridgehead atoms. The number of Topliss-reactive ketones (excluding diaryl/α,β-unsaturated/α-hetero) is 1. The summed E-state index contributed by atoms with van der Waals surface area (Å²) in [6.07, 6.45) is 0.850. The molecular formula is C21H28BrNO5. The number of hydrogen-bond acceptors (Lipinski definition) is 4. The first-order valence-electron chi connectivity index (χ1n) is 9.52. The van der Waals surface area contributed by atoms with E-state index in [9.17, 15) is 19.5 Å². The van der Waals surface area contributed by atoms with Crippen LogP contribution in [-0.4, -0.2) is 46.0 Å². The fourth-order valence-corrected chi connectivity index (χ4v) is 4.13. The number of carboxylic acid groups (broad SMARTS) is 1. The van der Waals surface area contributed by atoms with Crippen LogP contribution in [0.2, 0.25) is 0 Å². The lowest BCUT2D eigenvalue weighted by Gasteiger charge is -2.39. The van der Waals surface area contributed by atoms with Crippen LogP contribution in [-0.2, 0) is 9.53 Å². The average molecular weight is 454 g/mol. The Morgan fingerprint density at radius 3 is 2.36 bits per heavy atom. The molecule has 1 aliphatic carbocycles. The maximum Gasteiger partial charge on any atom is 0.410 e. The van der Waals surface area contributed by atoms with Crippen molar-refractivity contribution in [3.63, 3.8) is 0 Å². The number of halogens is 1. The monoisotopic (exact) mass is 453 g/mol. The van der Waals surface area contributed by atoms with Gasteiger partial charge in [-0.2, -0.15) is 0 Å². The lowest BCUT2D eigenvalue weighted by molar-refractivity contribution is -0.151. The van der Waals surface area contributed by atoms with Crippen molar-refractivity contribution in [2.45, 2.75) is 65.0 Å². The van der Waals surface area contributed by atoms with Crippen LogP contribution >= 0.6 is 15.9 Å². The zero-order chi connectivity index (χ0) is 21.1. The van der Waals surface area contributed by atoms with E-state index in [1.165, 1.54) is 4.90 Å². The van der Waals surface area contributed by atoms with Crippen LogP contribution in [0.5, 0.6) is 0 Å². The second-order valence-corrected chi connectivity index (χ2v) is 9.16. The molecule has 1 aromatic carbocycles. The molecule has 2 atom stereocenters. The number of carbonyl (C=O) groups is 3. The molecule has 28 heavy (non-hydrogen) atoms. The van der Waals surface area contributed by atoms with E-state index in [1.807, 2.05) is 0 Å². The second-order valence-electron chi connectivity index (χ2n) is 8.24. The van der Waals surface area contributed by atoms with Gasteiger partial charge in [0.2, 0.25) is 0 Å². The van der Waals surface area contributed by atoms with Crippen molar-refractivity contribution in [1.29, 1.82) is 0 Å². The Hall–Kier alpha value is -1.89. The molecule has 1 aliphatic rings. The van der Waals surface area contributed by atoms with Crippen LogP contribution in [0.3, 0.4) is 0 Å². The van der Waals surface area contributed by atoms with Gasteiger partial charge in [0.05, 0.1) is 11.5 Å². The van der Waals surface area contributed by atoms with E-state index >= 15 is 0 Å². The summed E-state index contributed by atoms with van der Waals surface area (Å²) in [5.74, 6) is -1.27. The number of carboxylic acids is 1. The van der Waals surface area contributed by atoms with E-state index in [2.05, 4.69) is 15.9 Å². The molecular weight excluding hydrogens is 426 g/mol. The van der Waals surface area contributed by atoms with Crippen molar-refractivity contribution < 1.29 is 24.2 Å². The summed E-state index contributed by atoms with van der Waals surface area (Å²) < 4.78 is 6.33. The highest BCUT2D eigenvalue weighted by Gasteiger charge is 2.54. The number of amides is 1. The predicted molar refractivity (Wildman–Crippen MR) is 109 cm³/mol. The minimum absolute atomic E-state index is 0.145. The highest BCUT2D eigenvalue weighted by atomic mass is 79.9. The Balaban J connectivity index is 2.32. The first-order valence-corrected chi connectivity index (χ1v) is 10.3. The number of benzene rings is 1. The fraction of sp³-hybridized carbons (Fsp3) is 0.571. The Morgan fingerprint density at radius 2 is 1.86 bits per heavy atom. The number of ether oxygens (including phenoxy) is 1. The van der Waals surface area contributed by atoms with E-state index in [1.54, 1.807) is 52.0 Å². The number of carbonyl (C=O) groups excluding carboxylic acids is 2. The smallest absolute Gasteiger partial charge is 0.410 e. The molecule has 2 unspecified atom stereocenters. The maximum absolute atomic E-state index is 12.9. The quantitative estimate of drug-likeness (QED) is 0.618. The van der Waals surface area contributed by atoms with Crippen LogP contribution in [0, 0.1) is 5.41 Å². The van der Waals surface area contributed by atoms with Gasteiger partial charge in [0, 0.05) is 23.0 Å². The van der Waals surface area contributed by atoms with Gasteiger partial charge in [0.15, 0.2) is 5.78 Å². The van der Waals surface area contributed by atoms with Crippen molar-refractivity contribution in [3.05, 3.63) is 34.3 Å². The topological polar surface area (TPSA) is 83.9 Å². The highest BCUT2D eigenvalue weighted by Crippen LogP contribution is 2.45. The molecule has 6 nitrogen and oxygen atoms in total. The first kappa shape index (κ1) is 22.4. The number of ketones is 1. The van der Waals surface area contributed by atoms with Crippen molar-refractivity contribution in [2.75, 3.05) is 6.54 Å².